The Bertz CT molecular complexity index is 1640. The maximum absolute atomic E-state index is 13.6. The van der Waals surface area contributed by atoms with Crippen molar-refractivity contribution >= 4 is 57.2 Å². The first-order valence-corrected chi connectivity index (χ1v) is 11.9. The van der Waals surface area contributed by atoms with E-state index < -0.39 is 23.5 Å². The lowest BCUT2D eigenvalue weighted by Gasteiger charge is -2.25. The zero-order valence-corrected chi connectivity index (χ0v) is 20.8. The van der Waals surface area contributed by atoms with Crippen molar-refractivity contribution in [2.24, 2.45) is 0 Å². The van der Waals surface area contributed by atoms with Gasteiger partial charge in [0.15, 0.2) is 11.5 Å². The number of nitrogens with one attached hydrogen (secondary N) is 1. The molecule has 2 aliphatic heterocycles. The molecule has 1 unspecified atom stereocenters. The van der Waals surface area contributed by atoms with Crippen molar-refractivity contribution < 1.29 is 28.9 Å². The predicted molar refractivity (Wildman–Crippen MR) is 139 cm³/mol. The van der Waals surface area contributed by atoms with E-state index in [1.54, 1.807) is 24.4 Å². The van der Waals surface area contributed by atoms with Crippen LogP contribution in [0, 0.1) is 0 Å². The van der Waals surface area contributed by atoms with Crippen LogP contribution in [0.4, 0.5) is 5.69 Å². The summed E-state index contributed by atoms with van der Waals surface area (Å²) in [5, 5.41) is 12.7. The second-order valence-corrected chi connectivity index (χ2v) is 9.31. The first kappa shape index (κ1) is 23.3. The van der Waals surface area contributed by atoms with Gasteiger partial charge in [0.25, 0.3) is 11.7 Å². The number of fused-ring (bicyclic) bond motifs is 2. The molecule has 0 saturated carbocycles. The van der Waals surface area contributed by atoms with Crippen molar-refractivity contribution in [3.8, 4) is 17.2 Å². The quantitative estimate of drug-likeness (QED) is 0.193. The van der Waals surface area contributed by atoms with Gasteiger partial charge in [-0.15, -0.1) is 0 Å². The highest BCUT2D eigenvalue weighted by molar-refractivity contribution is 6.52. The van der Waals surface area contributed by atoms with E-state index in [4.69, 9.17) is 37.4 Å². The molecule has 0 bridgehead atoms. The number of para-hydroxylation sites is 1. The molecule has 1 atom stereocenters. The number of carbonyl (C=O) groups excluding carboxylic acids is 2. The van der Waals surface area contributed by atoms with Crippen LogP contribution in [0.5, 0.6) is 17.2 Å². The fraction of sp³-hybridized carbons (Fsp3) is 0.111. The van der Waals surface area contributed by atoms with Crippen LogP contribution in [0.2, 0.25) is 10.0 Å². The largest absolute Gasteiger partial charge is 0.507 e. The molecule has 1 saturated heterocycles. The predicted octanol–water partition coefficient (Wildman–Crippen LogP) is 5.84. The monoisotopic (exact) mass is 536 g/mol. The number of hydrogen-bond acceptors (Lipinski definition) is 6. The minimum Gasteiger partial charge on any atom is -0.507 e. The van der Waals surface area contributed by atoms with Crippen LogP contribution in [-0.2, 0) is 9.59 Å². The van der Waals surface area contributed by atoms with Gasteiger partial charge < -0.3 is 24.3 Å². The van der Waals surface area contributed by atoms with Crippen LogP contribution in [0.15, 0.2) is 66.4 Å². The number of benzene rings is 3. The lowest BCUT2D eigenvalue weighted by molar-refractivity contribution is -0.132. The number of aromatic amines is 1. The molecule has 10 heteroatoms. The average molecular weight is 537 g/mol. The van der Waals surface area contributed by atoms with Crippen LogP contribution < -0.4 is 19.1 Å². The summed E-state index contributed by atoms with van der Waals surface area (Å²) in [7, 11) is 1.38. The highest BCUT2D eigenvalue weighted by Crippen LogP contribution is 2.47. The molecule has 3 heterocycles. The maximum Gasteiger partial charge on any atom is 0.300 e. The minimum atomic E-state index is -0.987. The zero-order chi connectivity index (χ0) is 25.8. The Morgan fingerprint density at radius 1 is 1.08 bits per heavy atom. The summed E-state index contributed by atoms with van der Waals surface area (Å²) in [6, 6.07) is 14.3. The van der Waals surface area contributed by atoms with E-state index in [2.05, 4.69) is 4.98 Å². The van der Waals surface area contributed by atoms with Crippen molar-refractivity contribution in [3.05, 3.63) is 87.5 Å². The summed E-state index contributed by atoms with van der Waals surface area (Å²) >= 11 is 12.5. The number of aromatic nitrogens is 1. The summed E-state index contributed by atoms with van der Waals surface area (Å²) in [4.78, 5) is 31.6. The molecular formula is C27H18Cl2N2O6. The first-order chi connectivity index (χ1) is 17.9. The fourth-order valence-electron chi connectivity index (χ4n) is 4.84. The van der Waals surface area contributed by atoms with Gasteiger partial charge in [-0.1, -0.05) is 41.4 Å². The number of rotatable bonds is 4. The van der Waals surface area contributed by atoms with Crippen LogP contribution in [0.3, 0.4) is 0 Å². The van der Waals surface area contributed by atoms with Crippen molar-refractivity contribution in [2.75, 3.05) is 18.8 Å². The zero-order valence-electron chi connectivity index (χ0n) is 19.2. The maximum atomic E-state index is 13.6. The molecule has 2 aliphatic rings. The summed E-state index contributed by atoms with van der Waals surface area (Å²) in [6.45, 7) is 0.0544. The van der Waals surface area contributed by atoms with Crippen LogP contribution in [0.1, 0.15) is 17.2 Å². The van der Waals surface area contributed by atoms with E-state index in [-0.39, 0.29) is 33.7 Å². The molecule has 2 N–H and O–H groups in total. The number of ketones is 1. The molecular weight excluding hydrogens is 519 g/mol. The Hall–Kier alpha value is -4.14. The van der Waals surface area contributed by atoms with E-state index in [1.807, 2.05) is 24.3 Å². The number of nitrogens with zero attached hydrogens (tertiary/aromatic N) is 1. The molecule has 8 nitrogen and oxygen atoms in total. The summed E-state index contributed by atoms with van der Waals surface area (Å²) < 4.78 is 16.3. The van der Waals surface area contributed by atoms with Gasteiger partial charge >= 0.3 is 0 Å². The Morgan fingerprint density at radius 2 is 1.86 bits per heavy atom. The van der Waals surface area contributed by atoms with Gasteiger partial charge in [-0.3, -0.25) is 14.5 Å². The number of carbonyl (C=O) groups is 2. The fourth-order valence-corrected chi connectivity index (χ4v) is 5.41. The molecule has 186 valence electrons. The molecule has 6 rings (SSSR count). The Morgan fingerprint density at radius 3 is 2.68 bits per heavy atom. The normalized spacial score (nSPS) is 18.1. The summed E-state index contributed by atoms with van der Waals surface area (Å²) in [6.07, 6.45) is 1.72. The number of H-pyrrole nitrogens is 1. The lowest BCUT2D eigenvalue weighted by atomic mass is 9.94. The molecule has 1 fully saturated rings. The number of halogens is 2. The molecule has 3 aromatic carbocycles. The Kier molecular flexibility index (Phi) is 5.51. The number of methoxy groups -OCH3 is 1. The average Bonchev–Trinajstić information content (AvgIpc) is 3.59. The van der Waals surface area contributed by atoms with Gasteiger partial charge in [0, 0.05) is 39.4 Å². The second-order valence-electron chi connectivity index (χ2n) is 8.46. The van der Waals surface area contributed by atoms with Gasteiger partial charge in [0.1, 0.15) is 11.5 Å². The third kappa shape index (κ3) is 3.60. The lowest BCUT2D eigenvalue weighted by Crippen LogP contribution is -2.29. The van der Waals surface area contributed by atoms with Gasteiger partial charge in [-0.25, -0.2) is 0 Å². The highest BCUT2D eigenvalue weighted by Gasteiger charge is 2.48. The second kappa shape index (κ2) is 8.76. The van der Waals surface area contributed by atoms with E-state index in [1.165, 1.54) is 24.1 Å². The van der Waals surface area contributed by atoms with Crippen LogP contribution in [-0.4, -0.2) is 35.7 Å². The van der Waals surface area contributed by atoms with E-state index in [0.29, 0.717) is 22.7 Å². The number of hydrogen-bond donors (Lipinski definition) is 2. The molecule has 1 aromatic heterocycles. The Labute approximate surface area is 220 Å². The van der Waals surface area contributed by atoms with Gasteiger partial charge in [0.05, 0.1) is 29.3 Å². The van der Waals surface area contributed by atoms with Crippen molar-refractivity contribution in [2.45, 2.75) is 6.04 Å². The number of amides is 1. The molecule has 0 spiro atoms. The van der Waals surface area contributed by atoms with Gasteiger partial charge in [-0.05, 0) is 30.3 Å². The number of aliphatic hydroxyl groups excluding tert-OH is 1. The third-order valence-electron chi connectivity index (χ3n) is 6.46. The van der Waals surface area contributed by atoms with Crippen LogP contribution >= 0.6 is 23.2 Å². The number of anilines is 1. The Balaban J connectivity index is 1.63. The molecule has 1 amide bonds. The van der Waals surface area contributed by atoms with E-state index >= 15 is 0 Å². The van der Waals surface area contributed by atoms with Crippen LogP contribution in [0.25, 0.3) is 16.7 Å². The summed E-state index contributed by atoms with van der Waals surface area (Å²) in [5.74, 6) is -1.05. The molecule has 4 aromatic rings. The molecule has 37 heavy (non-hydrogen) atoms. The highest BCUT2D eigenvalue weighted by atomic mass is 35.5. The third-order valence-corrected chi connectivity index (χ3v) is 6.96. The standard InChI is InChI=1S/C27H18Cl2N2O6/c1-35-26-16(8-13(28)9-18(26)29)24(32)22-23(17-11-30-19-5-3-2-4-15(17)19)31(27(34)25(22)33)14-6-7-20-21(10-14)37-12-36-20/h2-11,23,30,32H,12H2,1H3/b24-22+. The molecule has 0 aliphatic carbocycles. The summed E-state index contributed by atoms with van der Waals surface area (Å²) in [5.41, 5.74) is 1.77. The van der Waals surface area contributed by atoms with Gasteiger partial charge in [-0.2, -0.15) is 0 Å². The van der Waals surface area contributed by atoms with E-state index in [9.17, 15) is 14.7 Å². The van der Waals surface area contributed by atoms with Crippen molar-refractivity contribution in [3.63, 3.8) is 0 Å². The van der Waals surface area contributed by atoms with E-state index in [0.717, 1.165) is 10.9 Å². The SMILES string of the molecule is COc1c(Cl)cc(Cl)cc1/C(O)=C1\C(=O)C(=O)N(c2ccc3c(c2)OCO3)C1c1c[nH]c2ccccc12. The number of ether oxygens (including phenoxy) is 3. The van der Waals surface area contributed by atoms with Crippen molar-refractivity contribution in [1.82, 2.24) is 4.98 Å². The molecule has 0 radical (unpaired) electrons. The number of Topliss-reactive ketones (excluding diaryl/α,β-unsaturated/α-hetero) is 1. The topological polar surface area (TPSA) is 101 Å². The first-order valence-electron chi connectivity index (χ1n) is 11.2. The van der Waals surface area contributed by atoms with Gasteiger partial charge in [0.2, 0.25) is 6.79 Å². The minimum absolute atomic E-state index is 0.0544. The van der Waals surface area contributed by atoms with Crippen molar-refractivity contribution in [1.29, 1.82) is 0 Å². The smallest absolute Gasteiger partial charge is 0.300 e. The number of aliphatic hydroxyl groups is 1.